The van der Waals surface area contributed by atoms with E-state index in [-0.39, 0.29) is 11.5 Å². The lowest BCUT2D eigenvalue weighted by Gasteiger charge is -2.36. The van der Waals surface area contributed by atoms with Crippen LogP contribution in [0.5, 0.6) is 0 Å². The average Bonchev–Trinajstić information content (AvgIpc) is 3.07. The minimum Gasteiger partial charge on any atom is -0.342 e. The van der Waals surface area contributed by atoms with Crippen LogP contribution in [0.3, 0.4) is 0 Å². The summed E-state index contributed by atoms with van der Waals surface area (Å²) in [5, 5.41) is 0. The van der Waals surface area contributed by atoms with Crippen LogP contribution in [0.1, 0.15) is 33.3 Å². The Hall–Kier alpha value is -1.07. The third-order valence-electron chi connectivity index (χ3n) is 4.95. The number of aryl methyl sites for hydroxylation is 1. The topological polar surface area (TPSA) is 89.5 Å². The summed E-state index contributed by atoms with van der Waals surface area (Å²) in [4.78, 5) is 0.0915. The van der Waals surface area contributed by atoms with E-state index >= 15 is 0 Å². The molecule has 1 aromatic rings. The van der Waals surface area contributed by atoms with Crippen molar-refractivity contribution in [3.63, 3.8) is 0 Å². The molecule has 5 atom stereocenters. The molecule has 3 aliphatic rings. The van der Waals surface area contributed by atoms with Crippen molar-refractivity contribution in [1.82, 2.24) is 0 Å². The lowest BCUT2D eigenvalue weighted by molar-refractivity contribution is -0.238. The molecule has 156 valence electrons. The predicted molar refractivity (Wildman–Crippen MR) is 96.8 cm³/mol. The molecule has 0 aromatic heterocycles. The summed E-state index contributed by atoms with van der Waals surface area (Å²) in [7, 11) is -3.93. The Morgan fingerprint density at radius 1 is 0.893 bits per heavy atom. The largest absolute Gasteiger partial charge is 0.342 e. The zero-order chi connectivity index (χ0) is 20.3. The van der Waals surface area contributed by atoms with E-state index < -0.39 is 52.4 Å². The first-order valence-electron chi connectivity index (χ1n) is 9.29. The van der Waals surface area contributed by atoms with Crippen molar-refractivity contribution in [2.75, 3.05) is 6.61 Å². The molecular formula is C19H26O8S. The molecule has 0 radical (unpaired) electrons. The first-order valence-corrected chi connectivity index (χ1v) is 10.7. The maximum absolute atomic E-state index is 12.5. The highest BCUT2D eigenvalue weighted by molar-refractivity contribution is 7.86. The van der Waals surface area contributed by atoms with Gasteiger partial charge in [-0.25, -0.2) is 0 Å². The highest BCUT2D eigenvalue weighted by Crippen LogP contribution is 2.44. The fourth-order valence-electron chi connectivity index (χ4n) is 3.76. The second-order valence-electron chi connectivity index (χ2n) is 8.26. The molecule has 0 spiro atoms. The van der Waals surface area contributed by atoms with Crippen LogP contribution >= 0.6 is 0 Å². The van der Waals surface area contributed by atoms with E-state index in [1.54, 1.807) is 39.8 Å². The predicted octanol–water partition coefficient (Wildman–Crippen LogP) is 2.10. The summed E-state index contributed by atoms with van der Waals surface area (Å²) in [6.45, 7) is 8.83. The molecule has 0 amide bonds. The van der Waals surface area contributed by atoms with Gasteiger partial charge in [-0.1, -0.05) is 17.7 Å². The molecule has 0 N–H and O–H groups in total. The molecule has 8 nitrogen and oxygen atoms in total. The molecule has 1 aromatic carbocycles. The van der Waals surface area contributed by atoms with Crippen LogP contribution in [-0.4, -0.2) is 57.3 Å². The maximum atomic E-state index is 12.5. The molecule has 2 unspecified atom stereocenters. The zero-order valence-corrected chi connectivity index (χ0v) is 17.4. The van der Waals surface area contributed by atoms with E-state index in [9.17, 15) is 8.42 Å². The van der Waals surface area contributed by atoms with Crippen LogP contribution in [0, 0.1) is 6.92 Å². The van der Waals surface area contributed by atoms with Gasteiger partial charge in [0.25, 0.3) is 10.1 Å². The molecule has 3 heterocycles. The van der Waals surface area contributed by atoms with Crippen LogP contribution < -0.4 is 0 Å². The number of ether oxygens (including phenoxy) is 5. The number of benzene rings is 1. The third-order valence-corrected chi connectivity index (χ3v) is 6.24. The van der Waals surface area contributed by atoms with Gasteiger partial charge < -0.3 is 23.7 Å². The first-order chi connectivity index (χ1) is 13.0. The molecule has 9 heteroatoms. The SMILES string of the molecule is Cc1ccc(S(=O)(=O)OCC2O[C@@H]3OC(C)(C)OC3[C@H]3OC(C)(C)O[C@@H]23)cc1. The van der Waals surface area contributed by atoms with Crippen molar-refractivity contribution in [2.24, 2.45) is 0 Å². The van der Waals surface area contributed by atoms with Crippen molar-refractivity contribution in [1.29, 1.82) is 0 Å². The van der Waals surface area contributed by atoms with E-state index in [4.69, 9.17) is 27.9 Å². The first kappa shape index (κ1) is 20.2. The van der Waals surface area contributed by atoms with E-state index in [0.717, 1.165) is 5.56 Å². The summed E-state index contributed by atoms with van der Waals surface area (Å²) < 4.78 is 60.0. The molecule has 3 saturated heterocycles. The lowest BCUT2D eigenvalue weighted by atomic mass is 9.99. The Balaban J connectivity index is 1.52. The standard InChI is InChI=1S/C19H26O8S/c1-11-6-8-12(9-7-11)28(20,21)22-10-13-14-15(25-18(2,3)24-14)16-17(23-13)27-19(4,5)26-16/h6-9,13-17H,10H2,1-5H3/t13?,14-,15-,16?,17+/m0/s1. The minimum atomic E-state index is -3.93. The Bertz CT molecular complexity index is 832. The van der Waals surface area contributed by atoms with E-state index in [1.807, 2.05) is 6.92 Å². The van der Waals surface area contributed by atoms with Crippen molar-refractivity contribution >= 4 is 10.1 Å². The number of hydrogen-bond acceptors (Lipinski definition) is 8. The smallest absolute Gasteiger partial charge is 0.297 e. The van der Waals surface area contributed by atoms with Crippen molar-refractivity contribution in [2.45, 2.75) is 81.8 Å². The van der Waals surface area contributed by atoms with Crippen molar-refractivity contribution in [3.05, 3.63) is 29.8 Å². The van der Waals surface area contributed by atoms with Crippen molar-refractivity contribution < 1.29 is 36.3 Å². The monoisotopic (exact) mass is 414 g/mol. The Kier molecular flexibility index (Phi) is 4.86. The quantitative estimate of drug-likeness (QED) is 0.692. The van der Waals surface area contributed by atoms with Crippen LogP contribution in [0.25, 0.3) is 0 Å². The zero-order valence-electron chi connectivity index (χ0n) is 16.6. The fourth-order valence-corrected chi connectivity index (χ4v) is 4.68. The molecule has 0 bridgehead atoms. The third kappa shape index (κ3) is 3.85. The van der Waals surface area contributed by atoms with E-state index in [1.165, 1.54) is 12.1 Å². The second-order valence-corrected chi connectivity index (χ2v) is 9.87. The van der Waals surface area contributed by atoms with Crippen LogP contribution in [0.2, 0.25) is 0 Å². The molecule has 28 heavy (non-hydrogen) atoms. The van der Waals surface area contributed by atoms with Gasteiger partial charge in [0.15, 0.2) is 17.9 Å². The molecule has 0 aliphatic carbocycles. The molecule has 3 aliphatic heterocycles. The molecular weight excluding hydrogens is 388 g/mol. The Morgan fingerprint density at radius 2 is 1.46 bits per heavy atom. The van der Waals surface area contributed by atoms with Gasteiger partial charge in [-0.2, -0.15) is 8.42 Å². The second kappa shape index (κ2) is 6.73. The van der Waals surface area contributed by atoms with Gasteiger partial charge in [0.05, 0.1) is 11.5 Å². The summed E-state index contributed by atoms with van der Waals surface area (Å²) in [6.07, 6.45) is -2.84. The van der Waals surface area contributed by atoms with Gasteiger partial charge in [0, 0.05) is 0 Å². The van der Waals surface area contributed by atoms with E-state index in [0.29, 0.717) is 0 Å². The lowest BCUT2D eigenvalue weighted by Crippen LogP contribution is -2.56. The fraction of sp³-hybridized carbons (Fsp3) is 0.684. The average molecular weight is 414 g/mol. The van der Waals surface area contributed by atoms with E-state index in [2.05, 4.69) is 0 Å². The maximum Gasteiger partial charge on any atom is 0.297 e. The molecule has 0 saturated carbocycles. The van der Waals surface area contributed by atoms with Gasteiger partial charge >= 0.3 is 0 Å². The van der Waals surface area contributed by atoms with Gasteiger partial charge in [0.1, 0.15) is 24.4 Å². The summed E-state index contributed by atoms with van der Waals surface area (Å²) >= 11 is 0. The molecule has 4 rings (SSSR count). The highest BCUT2D eigenvalue weighted by atomic mass is 32.2. The number of fused-ring (bicyclic) bond motifs is 3. The Morgan fingerprint density at radius 3 is 2.14 bits per heavy atom. The van der Waals surface area contributed by atoms with Crippen LogP contribution in [0.4, 0.5) is 0 Å². The van der Waals surface area contributed by atoms with Crippen LogP contribution in [0.15, 0.2) is 29.2 Å². The van der Waals surface area contributed by atoms with Gasteiger partial charge in [-0.05, 0) is 46.8 Å². The van der Waals surface area contributed by atoms with Crippen molar-refractivity contribution in [3.8, 4) is 0 Å². The van der Waals surface area contributed by atoms with Gasteiger partial charge in [0.2, 0.25) is 0 Å². The normalized spacial score (nSPS) is 36.1. The Labute approximate surface area is 165 Å². The van der Waals surface area contributed by atoms with Crippen LogP contribution in [-0.2, 0) is 38.0 Å². The number of rotatable bonds is 4. The van der Waals surface area contributed by atoms with Gasteiger partial charge in [-0.3, -0.25) is 4.18 Å². The minimum absolute atomic E-state index is 0.0915. The summed E-state index contributed by atoms with van der Waals surface area (Å²) in [5.74, 6) is -1.68. The van der Waals surface area contributed by atoms with Gasteiger partial charge in [-0.15, -0.1) is 0 Å². The molecule has 3 fully saturated rings. The summed E-state index contributed by atoms with van der Waals surface area (Å²) in [6, 6.07) is 6.46. The number of hydrogen-bond donors (Lipinski definition) is 0. The highest BCUT2D eigenvalue weighted by Gasteiger charge is 2.60. The summed E-state index contributed by atoms with van der Waals surface area (Å²) in [5.41, 5.74) is 0.961.